The van der Waals surface area contributed by atoms with Gasteiger partial charge in [0.2, 0.25) is 5.91 Å². The Bertz CT molecular complexity index is 1570. The maximum absolute atomic E-state index is 15.4. The van der Waals surface area contributed by atoms with Crippen LogP contribution >= 0.6 is 11.6 Å². The fraction of sp³-hybridized carbons (Fsp3) is 0.241. The van der Waals surface area contributed by atoms with Crippen molar-refractivity contribution in [1.82, 2.24) is 9.78 Å². The van der Waals surface area contributed by atoms with Crippen molar-refractivity contribution in [2.75, 3.05) is 5.32 Å². The summed E-state index contributed by atoms with van der Waals surface area (Å²) in [5, 5.41) is 7.84. The third kappa shape index (κ3) is 4.84. The van der Waals surface area contributed by atoms with Gasteiger partial charge in [-0.1, -0.05) is 60.1 Å². The normalized spacial score (nSPS) is 19.0. The molecule has 1 aliphatic carbocycles. The topological polar surface area (TPSA) is 81.1 Å². The molecule has 0 unspecified atom stereocenters. The zero-order valence-corrected chi connectivity index (χ0v) is 21.2. The Morgan fingerprint density at radius 3 is 2.42 bits per heavy atom. The van der Waals surface area contributed by atoms with E-state index in [-0.39, 0.29) is 47.9 Å². The first-order valence-corrected chi connectivity index (χ1v) is 12.6. The number of aromatic nitrogens is 2. The number of carbonyl (C=O) groups excluding carboxylic acids is 3. The van der Waals surface area contributed by atoms with E-state index < -0.39 is 29.7 Å². The van der Waals surface area contributed by atoms with Crippen LogP contribution < -0.4 is 5.32 Å². The van der Waals surface area contributed by atoms with Gasteiger partial charge in [0, 0.05) is 34.4 Å². The largest absolute Gasteiger partial charge is 0.323 e. The summed E-state index contributed by atoms with van der Waals surface area (Å²) in [4.78, 5) is 38.6. The number of anilines is 1. The van der Waals surface area contributed by atoms with Crippen LogP contribution in [-0.4, -0.2) is 33.4 Å². The number of para-hydroxylation sites is 1. The number of rotatable bonds is 7. The average Bonchev–Trinajstić information content (AvgIpc) is 3.47. The minimum absolute atomic E-state index is 0.0786. The van der Waals surface area contributed by atoms with Gasteiger partial charge in [0.05, 0.1) is 17.1 Å². The second kappa shape index (κ2) is 10.5. The van der Waals surface area contributed by atoms with Gasteiger partial charge in [-0.3, -0.25) is 19.1 Å². The van der Waals surface area contributed by atoms with Crippen LogP contribution in [0.4, 0.5) is 14.5 Å². The fourth-order valence-electron chi connectivity index (χ4n) is 5.14. The second-order valence-electron chi connectivity index (χ2n) is 9.46. The quantitative estimate of drug-likeness (QED) is 0.283. The molecule has 1 N–H and O–H groups in total. The molecule has 0 radical (unpaired) electrons. The van der Waals surface area contributed by atoms with Crippen LogP contribution in [0, 0.1) is 17.7 Å². The molecule has 0 spiro atoms. The SMILES string of the molecule is CC(=O)c1nn(CC(=O)[C@@H]2C[C@H](F)C[C@@H]2C(=O)Nc2cccc(-c3ccccc3Cl)c2F)c2ccccc12. The van der Waals surface area contributed by atoms with Gasteiger partial charge in [-0.05, 0) is 31.0 Å². The molecule has 5 rings (SSSR count). The lowest BCUT2D eigenvalue weighted by Crippen LogP contribution is -2.32. The molecule has 0 aliphatic heterocycles. The molecule has 1 fully saturated rings. The van der Waals surface area contributed by atoms with Crippen molar-refractivity contribution in [3.8, 4) is 11.1 Å². The lowest BCUT2D eigenvalue weighted by Gasteiger charge is -2.19. The summed E-state index contributed by atoms with van der Waals surface area (Å²) in [6.45, 7) is 1.18. The molecular weight excluding hydrogens is 512 g/mol. The number of amides is 1. The Kier molecular flexibility index (Phi) is 7.08. The summed E-state index contributed by atoms with van der Waals surface area (Å²) < 4.78 is 31.3. The maximum Gasteiger partial charge on any atom is 0.228 e. The van der Waals surface area contributed by atoms with Gasteiger partial charge in [0.25, 0.3) is 0 Å². The van der Waals surface area contributed by atoms with E-state index in [1.807, 2.05) is 0 Å². The Morgan fingerprint density at radius 1 is 0.974 bits per heavy atom. The molecule has 3 aromatic carbocycles. The van der Waals surface area contributed by atoms with Crippen LogP contribution in [0.2, 0.25) is 5.02 Å². The number of halogens is 3. The van der Waals surface area contributed by atoms with Crippen LogP contribution in [0.1, 0.15) is 30.3 Å². The highest BCUT2D eigenvalue weighted by Crippen LogP contribution is 2.37. The smallest absolute Gasteiger partial charge is 0.228 e. The Morgan fingerprint density at radius 2 is 1.66 bits per heavy atom. The number of alkyl halides is 1. The van der Waals surface area contributed by atoms with Crippen LogP contribution in [0.3, 0.4) is 0 Å². The average molecular weight is 536 g/mol. The molecular formula is C29H24ClF2N3O3. The number of hydrogen-bond donors (Lipinski definition) is 1. The van der Waals surface area contributed by atoms with Crippen molar-refractivity contribution in [3.05, 3.63) is 83.3 Å². The summed E-state index contributed by atoms with van der Waals surface area (Å²) in [5.74, 6) is -3.81. The number of benzene rings is 3. The van der Waals surface area contributed by atoms with Crippen molar-refractivity contribution in [3.63, 3.8) is 0 Å². The van der Waals surface area contributed by atoms with E-state index in [4.69, 9.17) is 11.6 Å². The molecule has 3 atom stereocenters. The lowest BCUT2D eigenvalue weighted by atomic mass is 9.91. The first kappa shape index (κ1) is 25.7. The molecule has 0 bridgehead atoms. The third-order valence-electron chi connectivity index (χ3n) is 6.97. The van der Waals surface area contributed by atoms with E-state index in [1.165, 1.54) is 17.7 Å². The summed E-state index contributed by atoms with van der Waals surface area (Å²) in [5.41, 5.74) is 1.44. The van der Waals surface area contributed by atoms with E-state index in [2.05, 4.69) is 10.4 Å². The molecule has 1 heterocycles. The number of fused-ring (bicyclic) bond motifs is 1. The number of ketones is 2. The van der Waals surface area contributed by atoms with Crippen LogP contribution in [0.5, 0.6) is 0 Å². The predicted octanol–water partition coefficient (Wildman–Crippen LogP) is 6.27. The van der Waals surface area contributed by atoms with Crippen molar-refractivity contribution >= 4 is 45.7 Å². The molecule has 4 aromatic rings. The Labute approximate surface area is 222 Å². The maximum atomic E-state index is 15.4. The summed E-state index contributed by atoms with van der Waals surface area (Å²) >= 11 is 6.23. The van der Waals surface area contributed by atoms with Gasteiger partial charge in [-0.25, -0.2) is 8.78 Å². The number of Topliss-reactive ketones (excluding diaryl/α,β-unsaturated/α-hetero) is 2. The number of carbonyl (C=O) groups is 3. The standard InChI is InChI=1S/C29H24ClF2N3O3/c1-16(36)28-20-8-3-5-12-25(20)35(34-28)15-26(37)21-13-17(31)14-22(21)29(38)33-24-11-6-9-19(27(24)32)18-7-2-4-10-23(18)30/h2-12,17,21-22H,13-15H2,1H3,(H,33,38)/t17-,21+,22-/m0/s1. The van der Waals surface area contributed by atoms with E-state index in [0.717, 1.165) is 0 Å². The minimum Gasteiger partial charge on any atom is -0.323 e. The Hall–Kier alpha value is -3.91. The molecule has 0 saturated heterocycles. The number of nitrogens with zero attached hydrogens (tertiary/aromatic N) is 2. The van der Waals surface area contributed by atoms with E-state index in [1.54, 1.807) is 60.7 Å². The van der Waals surface area contributed by atoms with Gasteiger partial charge < -0.3 is 5.32 Å². The highest BCUT2D eigenvalue weighted by molar-refractivity contribution is 6.33. The molecule has 194 valence electrons. The lowest BCUT2D eigenvalue weighted by molar-refractivity contribution is -0.130. The van der Waals surface area contributed by atoms with Crippen LogP contribution in [0.25, 0.3) is 22.0 Å². The molecule has 38 heavy (non-hydrogen) atoms. The van der Waals surface area contributed by atoms with E-state index in [0.29, 0.717) is 21.5 Å². The summed E-state index contributed by atoms with van der Waals surface area (Å²) in [6, 6.07) is 18.3. The second-order valence-corrected chi connectivity index (χ2v) is 9.87. The van der Waals surface area contributed by atoms with Crippen molar-refractivity contribution < 1.29 is 23.2 Å². The fourth-order valence-corrected chi connectivity index (χ4v) is 5.37. The first-order chi connectivity index (χ1) is 18.2. The third-order valence-corrected chi connectivity index (χ3v) is 7.30. The van der Waals surface area contributed by atoms with Crippen molar-refractivity contribution in [1.29, 1.82) is 0 Å². The minimum atomic E-state index is -1.35. The van der Waals surface area contributed by atoms with Gasteiger partial charge in [-0.2, -0.15) is 5.10 Å². The zero-order valence-electron chi connectivity index (χ0n) is 20.5. The monoisotopic (exact) mass is 535 g/mol. The van der Waals surface area contributed by atoms with E-state index in [9.17, 15) is 18.8 Å². The van der Waals surface area contributed by atoms with Crippen molar-refractivity contribution in [2.45, 2.75) is 32.5 Å². The highest BCUT2D eigenvalue weighted by Gasteiger charge is 2.43. The number of nitrogens with one attached hydrogen (secondary N) is 1. The molecule has 1 aromatic heterocycles. The number of hydrogen-bond acceptors (Lipinski definition) is 4. The van der Waals surface area contributed by atoms with Gasteiger partial charge >= 0.3 is 0 Å². The van der Waals surface area contributed by atoms with E-state index >= 15 is 4.39 Å². The predicted molar refractivity (Wildman–Crippen MR) is 141 cm³/mol. The first-order valence-electron chi connectivity index (χ1n) is 12.2. The summed E-state index contributed by atoms with van der Waals surface area (Å²) in [7, 11) is 0. The van der Waals surface area contributed by atoms with Gasteiger partial charge in [-0.15, -0.1) is 0 Å². The molecule has 6 nitrogen and oxygen atoms in total. The van der Waals surface area contributed by atoms with Gasteiger partial charge in [0.15, 0.2) is 17.4 Å². The van der Waals surface area contributed by atoms with Gasteiger partial charge in [0.1, 0.15) is 18.4 Å². The summed E-state index contributed by atoms with van der Waals surface area (Å²) in [6.07, 6.45) is -1.61. The highest BCUT2D eigenvalue weighted by atomic mass is 35.5. The molecule has 1 amide bonds. The molecule has 1 aliphatic rings. The van der Waals surface area contributed by atoms with Crippen LogP contribution in [-0.2, 0) is 16.1 Å². The zero-order chi connectivity index (χ0) is 27.0. The van der Waals surface area contributed by atoms with Crippen molar-refractivity contribution in [2.24, 2.45) is 11.8 Å². The molecule has 9 heteroatoms. The molecule has 1 saturated carbocycles. The Balaban J connectivity index is 1.38. The van der Waals surface area contributed by atoms with Crippen LogP contribution in [0.15, 0.2) is 66.7 Å².